The molecule has 18 heavy (non-hydrogen) atoms. The van der Waals surface area contributed by atoms with Gasteiger partial charge in [-0.1, -0.05) is 28.1 Å². The maximum Gasteiger partial charge on any atom is 0.165 e. The number of hydrogen-bond donors (Lipinski definition) is 0. The van der Waals surface area contributed by atoms with Gasteiger partial charge >= 0.3 is 0 Å². The molecule has 2 rings (SSSR count). The summed E-state index contributed by atoms with van der Waals surface area (Å²) in [6.07, 6.45) is 1.82. The summed E-state index contributed by atoms with van der Waals surface area (Å²) in [4.78, 5) is 5.13. The highest BCUT2D eigenvalue weighted by molar-refractivity contribution is 9.08. The molecule has 0 radical (unpaired) electrons. The zero-order valence-corrected chi connectivity index (χ0v) is 12.5. The summed E-state index contributed by atoms with van der Waals surface area (Å²) in [7, 11) is 0. The highest BCUT2D eigenvalue weighted by Crippen LogP contribution is 2.33. The van der Waals surface area contributed by atoms with Gasteiger partial charge in [0.05, 0.1) is 17.0 Å². The second-order valence-corrected chi connectivity index (χ2v) is 5.10. The van der Waals surface area contributed by atoms with Crippen molar-refractivity contribution in [2.75, 3.05) is 6.61 Å². The van der Waals surface area contributed by atoms with Gasteiger partial charge in [-0.05, 0) is 13.0 Å². The molecule has 0 N–H and O–H groups in total. The lowest BCUT2D eigenvalue weighted by Gasteiger charge is -2.14. The maximum absolute atomic E-state index is 5.87. The molecule has 0 amide bonds. The minimum Gasteiger partial charge on any atom is -0.490 e. The zero-order valence-electron chi connectivity index (χ0n) is 10.1. The number of aromatic nitrogens is 1. The van der Waals surface area contributed by atoms with Crippen LogP contribution < -0.4 is 9.47 Å². The highest BCUT2D eigenvalue weighted by atomic mass is 79.9. The zero-order chi connectivity index (χ0) is 12.8. The van der Waals surface area contributed by atoms with E-state index in [2.05, 4.69) is 20.9 Å². The standard InChI is InChI=1S/C13H14BrNO2S/c1-2-16-12-5-3-4-10(6-14)13(12)17-8-11-7-15-9-18-11/h3-5,7,9H,2,6,8H2,1H3. The third kappa shape index (κ3) is 3.23. The van der Waals surface area contributed by atoms with Crippen molar-refractivity contribution in [3.8, 4) is 11.5 Å². The monoisotopic (exact) mass is 327 g/mol. The van der Waals surface area contributed by atoms with Crippen LogP contribution in [0.4, 0.5) is 0 Å². The predicted molar refractivity (Wildman–Crippen MR) is 76.7 cm³/mol. The summed E-state index contributed by atoms with van der Waals surface area (Å²) in [5.74, 6) is 1.60. The van der Waals surface area contributed by atoms with E-state index in [0.29, 0.717) is 13.2 Å². The van der Waals surface area contributed by atoms with E-state index in [1.54, 1.807) is 16.8 Å². The molecule has 0 saturated carbocycles. The lowest BCUT2D eigenvalue weighted by atomic mass is 10.2. The van der Waals surface area contributed by atoms with Crippen LogP contribution in [0.15, 0.2) is 29.9 Å². The Labute approximate surface area is 119 Å². The minimum atomic E-state index is 0.523. The van der Waals surface area contributed by atoms with Gasteiger partial charge < -0.3 is 9.47 Å². The van der Waals surface area contributed by atoms with Crippen molar-refractivity contribution in [3.05, 3.63) is 40.3 Å². The van der Waals surface area contributed by atoms with Gasteiger partial charge in [-0.15, -0.1) is 11.3 Å². The molecular formula is C13H14BrNO2S. The van der Waals surface area contributed by atoms with E-state index in [0.717, 1.165) is 27.3 Å². The largest absolute Gasteiger partial charge is 0.490 e. The fourth-order valence-corrected chi connectivity index (χ4v) is 2.50. The molecule has 0 fully saturated rings. The number of halogens is 1. The van der Waals surface area contributed by atoms with Crippen molar-refractivity contribution in [2.24, 2.45) is 0 Å². The Kier molecular flexibility index (Phi) is 5.01. The van der Waals surface area contributed by atoms with E-state index in [1.165, 1.54) is 0 Å². The van der Waals surface area contributed by atoms with Crippen molar-refractivity contribution < 1.29 is 9.47 Å². The van der Waals surface area contributed by atoms with Crippen molar-refractivity contribution >= 4 is 27.3 Å². The van der Waals surface area contributed by atoms with Gasteiger partial charge in [0.25, 0.3) is 0 Å². The van der Waals surface area contributed by atoms with Crippen LogP contribution in [0.3, 0.4) is 0 Å². The maximum atomic E-state index is 5.87. The van der Waals surface area contributed by atoms with Gasteiger partial charge in [-0.2, -0.15) is 0 Å². The molecule has 3 nitrogen and oxygen atoms in total. The Morgan fingerprint density at radius 3 is 2.89 bits per heavy atom. The number of benzene rings is 1. The molecular weight excluding hydrogens is 314 g/mol. The third-order valence-corrected chi connectivity index (χ3v) is 3.70. The van der Waals surface area contributed by atoms with Crippen LogP contribution >= 0.6 is 27.3 Å². The van der Waals surface area contributed by atoms with Crippen LogP contribution in [-0.2, 0) is 11.9 Å². The summed E-state index contributed by atoms with van der Waals surface area (Å²) in [6.45, 7) is 3.12. The SMILES string of the molecule is CCOc1cccc(CBr)c1OCc1cncs1. The topological polar surface area (TPSA) is 31.4 Å². The number of para-hydroxylation sites is 1. The summed E-state index contributed by atoms with van der Waals surface area (Å²) in [6, 6.07) is 5.93. The second kappa shape index (κ2) is 6.75. The molecule has 96 valence electrons. The predicted octanol–water partition coefficient (Wildman–Crippen LogP) is 4.02. The normalized spacial score (nSPS) is 10.3. The first-order valence-corrected chi connectivity index (χ1v) is 7.66. The number of nitrogens with zero attached hydrogens (tertiary/aromatic N) is 1. The van der Waals surface area contributed by atoms with Gasteiger partial charge in [0.15, 0.2) is 11.5 Å². The lowest BCUT2D eigenvalue weighted by Crippen LogP contribution is -2.01. The first kappa shape index (κ1) is 13.4. The van der Waals surface area contributed by atoms with E-state index >= 15 is 0 Å². The smallest absolute Gasteiger partial charge is 0.165 e. The van der Waals surface area contributed by atoms with Crippen LogP contribution in [0.5, 0.6) is 11.5 Å². The number of hydrogen-bond acceptors (Lipinski definition) is 4. The van der Waals surface area contributed by atoms with Crippen LogP contribution in [0.1, 0.15) is 17.4 Å². The van der Waals surface area contributed by atoms with Crippen molar-refractivity contribution in [1.82, 2.24) is 4.98 Å². The molecule has 1 aromatic carbocycles. The van der Waals surface area contributed by atoms with Crippen molar-refractivity contribution in [1.29, 1.82) is 0 Å². The van der Waals surface area contributed by atoms with Gasteiger partial charge in [-0.25, -0.2) is 0 Å². The molecule has 0 spiro atoms. The number of ether oxygens (including phenoxy) is 2. The quantitative estimate of drug-likeness (QED) is 0.751. The first-order chi connectivity index (χ1) is 8.85. The fraction of sp³-hybridized carbons (Fsp3) is 0.308. The van der Waals surface area contributed by atoms with Gasteiger partial charge in [0.2, 0.25) is 0 Å². The highest BCUT2D eigenvalue weighted by Gasteiger charge is 2.10. The lowest BCUT2D eigenvalue weighted by molar-refractivity contribution is 0.269. The van der Waals surface area contributed by atoms with Crippen LogP contribution in [-0.4, -0.2) is 11.6 Å². The molecule has 0 unspecified atom stereocenters. The molecule has 0 aliphatic rings. The summed E-state index contributed by atoms with van der Waals surface area (Å²) in [5.41, 5.74) is 2.89. The number of thiazole rings is 1. The Balaban J connectivity index is 2.18. The van der Waals surface area contributed by atoms with Crippen molar-refractivity contribution in [2.45, 2.75) is 18.9 Å². The third-order valence-electron chi connectivity index (χ3n) is 2.35. The van der Waals surface area contributed by atoms with E-state index in [-0.39, 0.29) is 0 Å². The van der Waals surface area contributed by atoms with Crippen LogP contribution in [0.2, 0.25) is 0 Å². The molecule has 5 heteroatoms. The van der Waals surface area contributed by atoms with E-state index < -0.39 is 0 Å². The van der Waals surface area contributed by atoms with Gasteiger partial charge in [-0.3, -0.25) is 4.98 Å². The molecule has 1 heterocycles. The molecule has 2 aromatic rings. The molecule has 0 atom stereocenters. The second-order valence-electron chi connectivity index (χ2n) is 3.57. The van der Waals surface area contributed by atoms with Crippen LogP contribution in [0.25, 0.3) is 0 Å². The Hall–Kier alpha value is -1.07. The molecule has 1 aromatic heterocycles. The molecule has 0 aliphatic carbocycles. The Morgan fingerprint density at radius 1 is 1.33 bits per heavy atom. The Morgan fingerprint density at radius 2 is 2.22 bits per heavy atom. The van der Waals surface area contributed by atoms with E-state index in [4.69, 9.17) is 9.47 Å². The van der Waals surface area contributed by atoms with E-state index in [1.807, 2.05) is 31.3 Å². The Bertz CT molecular complexity index is 488. The van der Waals surface area contributed by atoms with Crippen molar-refractivity contribution in [3.63, 3.8) is 0 Å². The van der Waals surface area contributed by atoms with Crippen LogP contribution in [0, 0.1) is 0 Å². The van der Waals surface area contributed by atoms with E-state index in [9.17, 15) is 0 Å². The average molecular weight is 328 g/mol. The first-order valence-electron chi connectivity index (χ1n) is 5.66. The average Bonchev–Trinajstić information content (AvgIpc) is 2.90. The molecule has 0 bridgehead atoms. The molecule has 0 saturated heterocycles. The molecule has 0 aliphatic heterocycles. The summed E-state index contributed by atoms with van der Waals surface area (Å²) >= 11 is 5.05. The van der Waals surface area contributed by atoms with Gasteiger partial charge in [0, 0.05) is 17.1 Å². The summed E-state index contributed by atoms with van der Waals surface area (Å²) in [5, 5.41) is 0.742. The summed E-state index contributed by atoms with van der Waals surface area (Å²) < 4.78 is 11.5. The number of alkyl halides is 1. The minimum absolute atomic E-state index is 0.523. The van der Waals surface area contributed by atoms with Gasteiger partial charge in [0.1, 0.15) is 6.61 Å². The fourth-order valence-electron chi connectivity index (χ4n) is 1.56. The number of rotatable bonds is 6.